The van der Waals surface area contributed by atoms with Crippen LogP contribution in [0.2, 0.25) is 0 Å². The summed E-state index contributed by atoms with van der Waals surface area (Å²) in [7, 11) is 0. The molecule has 1 atom stereocenters. The first kappa shape index (κ1) is 14.2. The molecule has 0 aromatic rings. The zero-order valence-electron chi connectivity index (χ0n) is 10.6. The van der Waals surface area contributed by atoms with Gasteiger partial charge < -0.3 is 5.32 Å². The van der Waals surface area contributed by atoms with Gasteiger partial charge in [-0.2, -0.15) is 0 Å². The van der Waals surface area contributed by atoms with Crippen LogP contribution in [0.1, 0.15) is 40.5 Å². The zero-order chi connectivity index (χ0) is 11.7. The smallest absolute Gasteiger partial charge is 0.0323 e. The molecule has 1 fully saturated rings. The minimum absolute atomic E-state index is 0.550. The van der Waals surface area contributed by atoms with Gasteiger partial charge in [0.05, 0.1) is 0 Å². The molecule has 1 nitrogen and oxygen atoms in total. The van der Waals surface area contributed by atoms with E-state index in [-0.39, 0.29) is 0 Å². The second-order valence-electron chi connectivity index (χ2n) is 3.48. The maximum absolute atomic E-state index is 3.76. The van der Waals surface area contributed by atoms with Crippen molar-refractivity contribution >= 4 is 0 Å². The van der Waals surface area contributed by atoms with Gasteiger partial charge in [-0.05, 0) is 38.8 Å². The van der Waals surface area contributed by atoms with Crippen molar-refractivity contribution in [3.05, 3.63) is 36.0 Å². The van der Waals surface area contributed by atoms with Crippen LogP contribution in [0, 0.1) is 0 Å². The Labute approximate surface area is 95.0 Å². The lowest BCUT2D eigenvalue weighted by molar-refractivity contribution is 0.695. The van der Waals surface area contributed by atoms with Gasteiger partial charge in [0.2, 0.25) is 0 Å². The highest BCUT2D eigenvalue weighted by Gasteiger charge is 2.18. The van der Waals surface area contributed by atoms with E-state index in [4.69, 9.17) is 0 Å². The molecule has 0 amide bonds. The third-order valence-electron chi connectivity index (χ3n) is 2.62. The molecule has 0 aromatic carbocycles. The van der Waals surface area contributed by atoms with Crippen LogP contribution < -0.4 is 5.32 Å². The van der Waals surface area contributed by atoms with Gasteiger partial charge in [0.1, 0.15) is 0 Å². The fourth-order valence-electron chi connectivity index (χ4n) is 1.77. The largest absolute Gasteiger partial charge is 0.310 e. The Morgan fingerprint density at radius 2 is 2.07 bits per heavy atom. The van der Waals surface area contributed by atoms with E-state index in [1.54, 1.807) is 0 Å². The van der Waals surface area contributed by atoms with Crippen molar-refractivity contribution in [2.45, 2.75) is 46.6 Å². The first-order chi connectivity index (χ1) is 7.29. The summed E-state index contributed by atoms with van der Waals surface area (Å²) in [6, 6.07) is 0.550. The summed E-state index contributed by atoms with van der Waals surface area (Å²) >= 11 is 0. The van der Waals surface area contributed by atoms with Crippen LogP contribution in [0.5, 0.6) is 0 Å². The molecule has 0 bridgehead atoms. The Hall–Kier alpha value is -0.820. The molecule has 1 saturated heterocycles. The Morgan fingerprint density at radius 1 is 1.40 bits per heavy atom. The second kappa shape index (κ2) is 8.49. The van der Waals surface area contributed by atoms with Crippen LogP contribution in [0.3, 0.4) is 0 Å². The highest BCUT2D eigenvalue weighted by Crippen LogP contribution is 2.20. The number of hydrogen-bond acceptors (Lipinski definition) is 1. The van der Waals surface area contributed by atoms with E-state index in [2.05, 4.69) is 37.9 Å². The maximum atomic E-state index is 3.76. The molecule has 0 aromatic heterocycles. The Bertz CT molecular complexity index is 230. The van der Waals surface area contributed by atoms with Crippen molar-refractivity contribution in [1.29, 1.82) is 0 Å². The van der Waals surface area contributed by atoms with Gasteiger partial charge in [0.15, 0.2) is 0 Å². The van der Waals surface area contributed by atoms with Crippen molar-refractivity contribution in [2.24, 2.45) is 0 Å². The van der Waals surface area contributed by atoms with Crippen molar-refractivity contribution in [1.82, 2.24) is 5.32 Å². The van der Waals surface area contributed by atoms with E-state index in [1.165, 1.54) is 24.0 Å². The van der Waals surface area contributed by atoms with Crippen molar-refractivity contribution < 1.29 is 0 Å². The van der Waals surface area contributed by atoms with Gasteiger partial charge in [-0.1, -0.05) is 44.2 Å². The highest BCUT2D eigenvalue weighted by molar-refractivity contribution is 5.36. The predicted molar refractivity (Wildman–Crippen MR) is 70.1 cm³/mol. The van der Waals surface area contributed by atoms with Gasteiger partial charge in [0, 0.05) is 6.04 Å². The fourth-order valence-corrected chi connectivity index (χ4v) is 1.77. The van der Waals surface area contributed by atoms with E-state index >= 15 is 0 Å². The van der Waals surface area contributed by atoms with E-state index in [0.29, 0.717) is 6.04 Å². The number of nitrogens with one attached hydrogen (secondary N) is 1. The Balaban J connectivity index is 0.000000921. The number of rotatable bonds is 3. The fraction of sp³-hybridized carbons (Fsp3) is 0.571. The lowest BCUT2D eigenvalue weighted by Gasteiger charge is -2.15. The molecule has 1 N–H and O–H groups in total. The van der Waals surface area contributed by atoms with Gasteiger partial charge in [-0.3, -0.25) is 0 Å². The summed E-state index contributed by atoms with van der Waals surface area (Å²) < 4.78 is 0. The van der Waals surface area contributed by atoms with Gasteiger partial charge >= 0.3 is 0 Å². The molecule has 1 rings (SSSR count). The van der Waals surface area contributed by atoms with Crippen LogP contribution in [-0.4, -0.2) is 12.6 Å². The molecule has 0 saturated carbocycles. The molecule has 1 aliphatic rings. The van der Waals surface area contributed by atoms with Gasteiger partial charge in [-0.25, -0.2) is 0 Å². The van der Waals surface area contributed by atoms with E-state index in [9.17, 15) is 0 Å². The summed E-state index contributed by atoms with van der Waals surface area (Å²) in [4.78, 5) is 0. The molecular formula is C14H25N. The summed E-state index contributed by atoms with van der Waals surface area (Å²) in [5.74, 6) is 0. The molecule has 1 heterocycles. The van der Waals surface area contributed by atoms with Crippen LogP contribution in [0.25, 0.3) is 0 Å². The summed E-state index contributed by atoms with van der Waals surface area (Å²) in [6.07, 6.45) is 8.71. The molecule has 0 radical (unpaired) electrons. The topological polar surface area (TPSA) is 12.0 Å². The SMILES string of the molecule is C=C/C=C(\C(C)=C/C)C1CCCN1.CC. The van der Waals surface area contributed by atoms with E-state index in [0.717, 1.165) is 6.54 Å². The second-order valence-corrected chi connectivity index (χ2v) is 3.48. The highest BCUT2D eigenvalue weighted by atomic mass is 14.9. The molecule has 0 aliphatic carbocycles. The zero-order valence-corrected chi connectivity index (χ0v) is 10.6. The third-order valence-corrected chi connectivity index (χ3v) is 2.62. The molecule has 1 unspecified atom stereocenters. The predicted octanol–water partition coefficient (Wildman–Crippen LogP) is 3.84. The number of hydrogen-bond donors (Lipinski definition) is 1. The first-order valence-electron chi connectivity index (χ1n) is 5.99. The standard InChI is InChI=1S/C12H19N.C2H6/c1-4-7-11(10(3)5-2)12-8-6-9-13-12;1-2/h4-5,7,12-13H,1,6,8-9H2,2-3H3;1-2H3/b10-5-,11-7+;. The third kappa shape index (κ3) is 4.48. The van der Waals surface area contributed by atoms with Gasteiger partial charge in [0.25, 0.3) is 0 Å². The maximum Gasteiger partial charge on any atom is 0.0323 e. The van der Waals surface area contributed by atoms with Crippen molar-refractivity contribution in [3.63, 3.8) is 0 Å². The summed E-state index contributed by atoms with van der Waals surface area (Å²) in [5, 5.41) is 3.50. The monoisotopic (exact) mass is 207 g/mol. The minimum Gasteiger partial charge on any atom is -0.310 e. The van der Waals surface area contributed by atoms with E-state index < -0.39 is 0 Å². The number of allylic oxidation sites excluding steroid dienone is 3. The minimum atomic E-state index is 0.550. The van der Waals surface area contributed by atoms with Crippen LogP contribution >= 0.6 is 0 Å². The first-order valence-corrected chi connectivity index (χ1v) is 5.99. The quantitative estimate of drug-likeness (QED) is 0.693. The molecular weight excluding hydrogens is 182 g/mol. The molecule has 1 heteroatoms. The van der Waals surface area contributed by atoms with Crippen LogP contribution in [-0.2, 0) is 0 Å². The average Bonchev–Trinajstić information content (AvgIpc) is 2.81. The van der Waals surface area contributed by atoms with Crippen LogP contribution in [0.15, 0.2) is 36.0 Å². The van der Waals surface area contributed by atoms with E-state index in [1.807, 2.05) is 19.9 Å². The lowest BCUT2D eigenvalue weighted by Crippen LogP contribution is -2.24. The molecule has 0 spiro atoms. The lowest BCUT2D eigenvalue weighted by atomic mass is 9.98. The summed E-state index contributed by atoms with van der Waals surface area (Å²) in [5.41, 5.74) is 2.76. The molecule has 86 valence electrons. The Kier molecular flexibility index (Phi) is 8.02. The Morgan fingerprint density at radius 3 is 2.47 bits per heavy atom. The normalized spacial score (nSPS) is 22.0. The summed E-state index contributed by atoms with van der Waals surface area (Å²) in [6.45, 7) is 13.2. The van der Waals surface area contributed by atoms with Crippen molar-refractivity contribution in [2.75, 3.05) is 6.54 Å². The van der Waals surface area contributed by atoms with Crippen molar-refractivity contribution in [3.8, 4) is 0 Å². The average molecular weight is 207 g/mol. The molecule has 15 heavy (non-hydrogen) atoms. The molecule has 1 aliphatic heterocycles. The van der Waals surface area contributed by atoms with Crippen LogP contribution in [0.4, 0.5) is 0 Å². The van der Waals surface area contributed by atoms with Gasteiger partial charge in [-0.15, -0.1) is 0 Å².